The Morgan fingerprint density at radius 2 is 0.943 bits per heavy atom. The van der Waals surface area contributed by atoms with Crippen molar-refractivity contribution in [3.8, 4) is 0 Å². The Morgan fingerprint density at radius 3 is 1.43 bits per heavy atom. The van der Waals surface area contributed by atoms with Gasteiger partial charge in [0.1, 0.15) is 12.3 Å². The number of esters is 2. The molecule has 0 heterocycles. The third-order valence-electron chi connectivity index (χ3n) is 9.85. The molecule has 1 amide bonds. The number of thioether (sulfide) groups is 2. The molecule has 0 aromatic carbocycles. The molecule has 0 saturated carbocycles. The lowest BCUT2D eigenvalue weighted by Gasteiger charge is -2.21. The van der Waals surface area contributed by atoms with Crippen LogP contribution in [0.5, 0.6) is 0 Å². The van der Waals surface area contributed by atoms with Crippen molar-refractivity contribution in [3.63, 3.8) is 0 Å². The maximum atomic E-state index is 12.9. The van der Waals surface area contributed by atoms with Crippen LogP contribution in [0.15, 0.2) is 0 Å². The van der Waals surface area contributed by atoms with Gasteiger partial charge in [0.2, 0.25) is 5.91 Å². The van der Waals surface area contributed by atoms with Crippen LogP contribution in [0.3, 0.4) is 0 Å². The molecule has 0 rings (SSSR count). The normalized spacial score (nSPS) is 11.4. The van der Waals surface area contributed by atoms with E-state index in [4.69, 9.17) is 9.47 Å². The summed E-state index contributed by atoms with van der Waals surface area (Å²) in [5.74, 6) is 2.43. The van der Waals surface area contributed by atoms with Crippen molar-refractivity contribution in [2.75, 3.05) is 38.3 Å². The highest BCUT2D eigenvalue weighted by Gasteiger charge is 2.20. The molecule has 0 saturated heterocycles. The molecule has 9 heteroatoms. The molecule has 0 spiro atoms. The van der Waals surface area contributed by atoms with E-state index in [1.54, 1.807) is 7.05 Å². The minimum absolute atomic E-state index is 0.00629. The summed E-state index contributed by atoms with van der Waals surface area (Å²) in [6.07, 6.45) is 29.1. The number of rotatable bonds is 40. The minimum atomic E-state index is -0.374. The van der Waals surface area contributed by atoms with E-state index in [0.29, 0.717) is 51.2 Å². The number of hydrogen-bond acceptors (Lipinski definition) is 8. The van der Waals surface area contributed by atoms with Crippen LogP contribution in [-0.4, -0.2) is 71.4 Å². The van der Waals surface area contributed by atoms with Crippen molar-refractivity contribution in [1.29, 1.82) is 0 Å². The van der Waals surface area contributed by atoms with Crippen LogP contribution >= 0.6 is 23.5 Å². The maximum absolute atomic E-state index is 12.9. The Hall–Kier alpha value is -1.22. The molecule has 0 aliphatic rings. The fraction of sp³-hybridized carbons (Fsp3) is 0.909. The van der Waals surface area contributed by atoms with Gasteiger partial charge < -0.3 is 14.4 Å². The van der Waals surface area contributed by atoms with Crippen molar-refractivity contribution >= 4 is 47.2 Å². The summed E-state index contributed by atoms with van der Waals surface area (Å²) < 4.78 is 11.2. The van der Waals surface area contributed by atoms with E-state index in [2.05, 4.69) is 27.7 Å². The molecule has 0 radical (unpaired) electrons. The third kappa shape index (κ3) is 35.0. The molecule has 0 aliphatic heterocycles. The standard InChI is InChI=1S/C44H83NO6S2/c1-6-10-14-16-20-28-39(29-21-17-15-11-7-2)36-42(48)50-32-24-18-22-30-40(46)31-23-19-25-33-51-43(49)38-45(5)41(47)37-44(52-34-26-12-8-3)53-35-27-13-9-4/h39,44H,6-38H2,1-5H3. The Balaban J connectivity index is 4.08. The quantitative estimate of drug-likeness (QED) is 0.0345. The molecule has 0 aliphatic carbocycles. The minimum Gasteiger partial charge on any atom is -0.466 e. The van der Waals surface area contributed by atoms with Gasteiger partial charge in [-0.2, -0.15) is 0 Å². The van der Waals surface area contributed by atoms with Crippen LogP contribution in [0.2, 0.25) is 0 Å². The second-order valence-corrected chi connectivity index (χ2v) is 18.0. The van der Waals surface area contributed by atoms with Crippen LogP contribution in [0, 0.1) is 5.92 Å². The van der Waals surface area contributed by atoms with E-state index in [-0.39, 0.29) is 34.8 Å². The second kappa shape index (κ2) is 39.0. The maximum Gasteiger partial charge on any atom is 0.325 e. The number of Topliss-reactive ketones (excluding diaryl/α,β-unsaturated/α-hetero) is 1. The van der Waals surface area contributed by atoms with Gasteiger partial charge in [-0.3, -0.25) is 19.2 Å². The highest BCUT2D eigenvalue weighted by molar-refractivity contribution is 8.17. The van der Waals surface area contributed by atoms with Gasteiger partial charge in [0, 0.05) is 32.7 Å². The lowest BCUT2D eigenvalue weighted by molar-refractivity contribution is -0.148. The summed E-state index contributed by atoms with van der Waals surface area (Å²) in [5.41, 5.74) is 0. The van der Waals surface area contributed by atoms with Crippen LogP contribution in [0.1, 0.15) is 207 Å². The Morgan fingerprint density at radius 1 is 0.509 bits per heavy atom. The zero-order valence-corrected chi connectivity index (χ0v) is 36.8. The van der Waals surface area contributed by atoms with E-state index in [9.17, 15) is 19.2 Å². The van der Waals surface area contributed by atoms with Crippen molar-refractivity contribution in [2.24, 2.45) is 5.92 Å². The first kappa shape index (κ1) is 51.8. The fourth-order valence-electron chi connectivity index (χ4n) is 6.34. The third-order valence-corrected chi connectivity index (χ3v) is 12.8. The van der Waals surface area contributed by atoms with Crippen molar-refractivity contribution in [1.82, 2.24) is 4.90 Å². The van der Waals surface area contributed by atoms with Gasteiger partial charge in [-0.25, -0.2) is 0 Å². The first-order valence-corrected chi connectivity index (χ1v) is 24.2. The number of carbonyl (C=O) groups excluding carboxylic acids is 4. The lowest BCUT2D eigenvalue weighted by Crippen LogP contribution is -2.34. The number of unbranched alkanes of at least 4 members (excludes halogenated alkanes) is 16. The van der Waals surface area contributed by atoms with E-state index in [1.165, 1.54) is 108 Å². The molecule has 0 aromatic rings. The molecule has 0 bridgehead atoms. The lowest BCUT2D eigenvalue weighted by atomic mass is 9.91. The first-order chi connectivity index (χ1) is 25.8. The van der Waals surface area contributed by atoms with E-state index in [1.807, 2.05) is 23.5 Å². The van der Waals surface area contributed by atoms with E-state index in [0.717, 1.165) is 56.5 Å². The number of amides is 1. The zero-order chi connectivity index (χ0) is 39.2. The summed E-state index contributed by atoms with van der Waals surface area (Å²) >= 11 is 3.76. The molecule has 7 nitrogen and oxygen atoms in total. The number of hydrogen-bond donors (Lipinski definition) is 0. The zero-order valence-electron chi connectivity index (χ0n) is 35.2. The molecule has 53 heavy (non-hydrogen) atoms. The molecule has 0 unspecified atom stereocenters. The molecule has 0 N–H and O–H groups in total. The Bertz CT molecular complexity index is 862. The van der Waals surface area contributed by atoms with Crippen molar-refractivity contribution in [2.45, 2.75) is 212 Å². The molecule has 312 valence electrons. The summed E-state index contributed by atoms with van der Waals surface area (Å²) in [4.78, 5) is 51.7. The predicted molar refractivity (Wildman–Crippen MR) is 229 cm³/mol. The molecule has 0 atom stereocenters. The van der Waals surface area contributed by atoms with Crippen LogP contribution in [-0.2, 0) is 28.7 Å². The van der Waals surface area contributed by atoms with Gasteiger partial charge in [0.25, 0.3) is 0 Å². The second-order valence-electron chi connectivity index (χ2n) is 15.1. The molecule has 0 fully saturated rings. The first-order valence-electron chi connectivity index (χ1n) is 22.1. The van der Waals surface area contributed by atoms with Crippen molar-refractivity contribution in [3.05, 3.63) is 0 Å². The summed E-state index contributed by atoms with van der Waals surface area (Å²) in [7, 11) is 1.69. The summed E-state index contributed by atoms with van der Waals surface area (Å²) in [6.45, 7) is 9.63. The van der Waals surface area contributed by atoms with Crippen LogP contribution in [0.4, 0.5) is 0 Å². The molecule has 0 aromatic heterocycles. The van der Waals surface area contributed by atoms with Gasteiger partial charge in [0.15, 0.2) is 0 Å². The Labute approximate surface area is 335 Å². The number of nitrogens with zero attached hydrogens (tertiary/aromatic N) is 1. The Kier molecular flexibility index (Phi) is 38.1. The van der Waals surface area contributed by atoms with E-state index >= 15 is 0 Å². The van der Waals surface area contributed by atoms with Crippen molar-refractivity contribution < 1.29 is 28.7 Å². The highest BCUT2D eigenvalue weighted by Crippen LogP contribution is 2.29. The van der Waals surface area contributed by atoms with Crippen LogP contribution in [0.25, 0.3) is 0 Å². The molecular formula is C44H83NO6S2. The number of ketones is 1. The average Bonchev–Trinajstić information content (AvgIpc) is 3.14. The highest BCUT2D eigenvalue weighted by atomic mass is 32.2. The predicted octanol–water partition coefficient (Wildman–Crippen LogP) is 12.5. The average molecular weight is 786 g/mol. The van der Waals surface area contributed by atoms with Gasteiger partial charge in [-0.05, 0) is 81.6 Å². The van der Waals surface area contributed by atoms with Gasteiger partial charge >= 0.3 is 11.9 Å². The number of ether oxygens (including phenoxy) is 2. The SMILES string of the molecule is CCCCCCCC(CCCCCCC)CC(=O)OCCCCCC(=O)CCCCCOC(=O)CN(C)C(=O)CC(SCCCCC)SCCCCC. The molecular weight excluding hydrogens is 703 g/mol. The van der Waals surface area contributed by atoms with E-state index < -0.39 is 0 Å². The summed E-state index contributed by atoms with van der Waals surface area (Å²) in [5, 5.41) is 0. The smallest absolute Gasteiger partial charge is 0.325 e. The van der Waals surface area contributed by atoms with Gasteiger partial charge in [-0.1, -0.05) is 118 Å². The monoisotopic (exact) mass is 786 g/mol. The van der Waals surface area contributed by atoms with Crippen LogP contribution < -0.4 is 0 Å². The largest absolute Gasteiger partial charge is 0.466 e. The number of likely N-dealkylation sites (N-methyl/N-ethyl adjacent to an activating group) is 1. The topological polar surface area (TPSA) is 90.0 Å². The fourth-order valence-corrected chi connectivity index (χ4v) is 9.09. The number of carbonyl (C=O) groups is 4. The summed E-state index contributed by atoms with van der Waals surface area (Å²) in [6, 6.07) is 0. The van der Waals surface area contributed by atoms with Gasteiger partial charge in [-0.15, -0.1) is 23.5 Å². The van der Waals surface area contributed by atoms with Gasteiger partial charge in [0.05, 0.1) is 17.8 Å².